The highest BCUT2D eigenvalue weighted by molar-refractivity contribution is 7.11. The summed E-state index contributed by atoms with van der Waals surface area (Å²) in [7, 11) is 1.62. The molecule has 2 aliphatic carbocycles. The predicted molar refractivity (Wildman–Crippen MR) is 105 cm³/mol. The maximum absolute atomic E-state index is 12.6. The zero-order valence-corrected chi connectivity index (χ0v) is 17.6. The summed E-state index contributed by atoms with van der Waals surface area (Å²) < 4.78 is 5.02. The first-order valence-corrected chi connectivity index (χ1v) is 10.6. The summed E-state index contributed by atoms with van der Waals surface area (Å²) in [5, 5.41) is 24.8. The zero-order chi connectivity index (χ0) is 19.8. The quantitative estimate of drug-likeness (QED) is 0.640. The molecule has 0 saturated heterocycles. The molecule has 152 valence electrons. The number of nitrogens with zero attached hydrogens (tertiary/aromatic N) is 1. The van der Waals surface area contributed by atoms with E-state index in [0.717, 1.165) is 23.5 Å². The van der Waals surface area contributed by atoms with Crippen LogP contribution in [0.5, 0.6) is 0 Å². The van der Waals surface area contributed by atoms with Crippen molar-refractivity contribution in [2.45, 2.75) is 58.5 Å². The second-order valence-electron chi connectivity index (χ2n) is 8.62. The van der Waals surface area contributed by atoms with Crippen molar-refractivity contribution >= 4 is 17.2 Å². The number of aryl methyl sites for hydroxylation is 1. The first-order valence-electron chi connectivity index (χ1n) is 9.77. The number of ether oxygens (including phenoxy) is 1. The number of hydrogen-bond donors (Lipinski definition) is 3. The summed E-state index contributed by atoms with van der Waals surface area (Å²) in [5.74, 6) is 0.118. The number of methoxy groups -OCH3 is 1. The maximum atomic E-state index is 12.6. The Morgan fingerprint density at radius 1 is 1.44 bits per heavy atom. The van der Waals surface area contributed by atoms with E-state index in [-0.39, 0.29) is 29.8 Å². The molecule has 1 aromatic rings. The predicted octanol–water partition coefficient (Wildman–Crippen LogP) is 2.02. The van der Waals surface area contributed by atoms with E-state index in [1.54, 1.807) is 18.4 Å². The van der Waals surface area contributed by atoms with Crippen molar-refractivity contribution in [2.75, 3.05) is 26.9 Å². The Labute approximate surface area is 165 Å². The molecule has 0 radical (unpaired) electrons. The van der Waals surface area contributed by atoms with Gasteiger partial charge in [0.15, 0.2) is 0 Å². The van der Waals surface area contributed by atoms with Crippen molar-refractivity contribution in [2.24, 2.45) is 16.7 Å². The average molecular weight is 397 g/mol. The highest BCUT2D eigenvalue weighted by atomic mass is 32.1. The number of aromatic nitrogens is 1. The van der Waals surface area contributed by atoms with Gasteiger partial charge in [0, 0.05) is 36.3 Å². The van der Waals surface area contributed by atoms with Crippen molar-refractivity contribution in [3.63, 3.8) is 0 Å². The minimum atomic E-state index is -0.562. The Morgan fingerprint density at radius 2 is 2.19 bits per heavy atom. The normalized spacial score (nSPS) is 35.4. The second-order valence-corrected chi connectivity index (χ2v) is 9.91. The summed E-state index contributed by atoms with van der Waals surface area (Å²) in [5.41, 5.74) is 0.311. The topological polar surface area (TPSA) is 91.7 Å². The lowest BCUT2D eigenvalue weighted by Gasteiger charge is -2.58. The van der Waals surface area contributed by atoms with Crippen LogP contribution in [-0.4, -0.2) is 54.1 Å². The van der Waals surface area contributed by atoms with Crippen molar-refractivity contribution in [3.8, 4) is 0 Å². The summed E-state index contributed by atoms with van der Waals surface area (Å²) in [6.07, 6.45) is 2.15. The Morgan fingerprint density at radius 3 is 2.85 bits per heavy atom. The van der Waals surface area contributed by atoms with Crippen LogP contribution < -0.4 is 5.32 Å². The molecule has 0 aromatic carbocycles. The molecule has 5 atom stereocenters. The van der Waals surface area contributed by atoms with Crippen molar-refractivity contribution in [1.29, 1.82) is 0 Å². The second kappa shape index (κ2) is 7.78. The van der Waals surface area contributed by atoms with Gasteiger partial charge in [-0.1, -0.05) is 13.8 Å². The molecule has 6 nitrogen and oxygen atoms in total. The molecular formula is C20H32N2O4S. The van der Waals surface area contributed by atoms with Crippen molar-refractivity contribution < 1.29 is 19.7 Å². The SMILES string of the molecule is COCCNC(=O)C[C@@H]1c2nc(C)sc2C[C@@H]2[C@](C)(CO)[C@H](O)CC[C@]21C. The zero-order valence-electron chi connectivity index (χ0n) is 16.7. The number of aliphatic hydroxyl groups is 2. The summed E-state index contributed by atoms with van der Waals surface area (Å²) in [6.45, 7) is 7.17. The number of fused-ring (bicyclic) bond motifs is 2. The fourth-order valence-corrected chi connectivity index (χ4v) is 6.36. The van der Waals surface area contributed by atoms with Gasteiger partial charge in [-0.25, -0.2) is 4.98 Å². The molecule has 2 aliphatic rings. The number of hydrogen-bond acceptors (Lipinski definition) is 6. The number of carbonyl (C=O) groups is 1. The Kier molecular flexibility index (Phi) is 5.96. The van der Waals surface area contributed by atoms with Crippen LogP contribution in [0.2, 0.25) is 0 Å². The largest absolute Gasteiger partial charge is 0.396 e. The summed E-state index contributed by atoms with van der Waals surface area (Å²) >= 11 is 1.68. The molecule has 1 heterocycles. The molecule has 3 rings (SSSR count). The van der Waals surface area contributed by atoms with Crippen molar-refractivity contribution in [1.82, 2.24) is 10.3 Å². The number of carbonyl (C=O) groups excluding carboxylic acids is 1. The van der Waals surface area contributed by atoms with Gasteiger partial charge in [-0.15, -0.1) is 11.3 Å². The van der Waals surface area contributed by atoms with Crippen LogP contribution in [0.3, 0.4) is 0 Å². The first-order chi connectivity index (χ1) is 12.8. The maximum Gasteiger partial charge on any atom is 0.220 e. The van der Waals surface area contributed by atoms with Gasteiger partial charge in [-0.05, 0) is 37.5 Å². The lowest BCUT2D eigenvalue weighted by atomic mass is 9.47. The van der Waals surface area contributed by atoms with Crippen LogP contribution in [0.4, 0.5) is 0 Å². The number of aliphatic hydroxyl groups excluding tert-OH is 2. The Hall–Kier alpha value is -1.02. The molecule has 27 heavy (non-hydrogen) atoms. The fraction of sp³-hybridized carbons (Fsp3) is 0.800. The van der Waals surface area contributed by atoms with Crippen LogP contribution in [0.25, 0.3) is 0 Å². The standard InChI is InChI=1S/C20H32N2O4S/c1-12-22-18-13(9-17(25)21-7-8-26-4)19(2)6-5-16(24)20(3,11-23)15(19)10-14(18)27-12/h13,15-16,23-24H,5-11H2,1-4H3,(H,21,25)/t13-,15+,16-,19+,20+/m1/s1. The molecule has 1 aromatic heterocycles. The van der Waals surface area contributed by atoms with Crippen LogP contribution in [-0.2, 0) is 16.0 Å². The molecule has 0 spiro atoms. The van der Waals surface area contributed by atoms with E-state index in [1.807, 2.05) is 13.8 Å². The highest BCUT2D eigenvalue weighted by Crippen LogP contribution is 2.62. The third-order valence-electron chi connectivity index (χ3n) is 7.02. The fourth-order valence-electron chi connectivity index (χ4n) is 5.32. The molecule has 1 amide bonds. The van der Waals surface area contributed by atoms with E-state index in [1.165, 1.54) is 4.88 Å². The van der Waals surface area contributed by atoms with E-state index >= 15 is 0 Å². The smallest absolute Gasteiger partial charge is 0.220 e. The highest BCUT2D eigenvalue weighted by Gasteiger charge is 2.59. The van der Waals surface area contributed by atoms with Gasteiger partial charge in [0.05, 0.1) is 30.0 Å². The van der Waals surface area contributed by atoms with Gasteiger partial charge in [0.1, 0.15) is 0 Å². The Bertz CT molecular complexity index is 694. The van der Waals surface area contributed by atoms with Gasteiger partial charge in [-0.3, -0.25) is 4.79 Å². The van der Waals surface area contributed by atoms with Gasteiger partial charge < -0.3 is 20.3 Å². The molecular weight excluding hydrogens is 364 g/mol. The van der Waals surface area contributed by atoms with Crippen LogP contribution >= 0.6 is 11.3 Å². The molecule has 3 N–H and O–H groups in total. The van der Waals surface area contributed by atoms with E-state index in [0.29, 0.717) is 26.0 Å². The first kappa shape index (κ1) is 20.7. The lowest BCUT2D eigenvalue weighted by Crippen LogP contribution is -2.57. The lowest BCUT2D eigenvalue weighted by molar-refractivity contribution is -0.144. The van der Waals surface area contributed by atoms with Crippen molar-refractivity contribution in [3.05, 3.63) is 15.6 Å². The molecule has 7 heteroatoms. The average Bonchev–Trinajstić information content (AvgIpc) is 3.00. The summed E-state index contributed by atoms with van der Waals surface area (Å²) in [4.78, 5) is 18.6. The molecule has 0 bridgehead atoms. The molecule has 0 unspecified atom stereocenters. The minimum Gasteiger partial charge on any atom is -0.396 e. The Balaban J connectivity index is 1.95. The van der Waals surface area contributed by atoms with E-state index in [2.05, 4.69) is 12.2 Å². The number of nitrogens with one attached hydrogen (secondary N) is 1. The van der Waals surface area contributed by atoms with Gasteiger partial charge in [0.25, 0.3) is 0 Å². The van der Waals surface area contributed by atoms with Gasteiger partial charge >= 0.3 is 0 Å². The monoisotopic (exact) mass is 396 g/mol. The number of thiazole rings is 1. The molecule has 1 saturated carbocycles. The van der Waals surface area contributed by atoms with E-state index < -0.39 is 11.5 Å². The van der Waals surface area contributed by atoms with Crippen LogP contribution in [0, 0.1) is 23.7 Å². The van der Waals surface area contributed by atoms with E-state index in [9.17, 15) is 15.0 Å². The molecule has 0 aliphatic heterocycles. The number of amides is 1. The van der Waals surface area contributed by atoms with E-state index in [4.69, 9.17) is 9.72 Å². The minimum absolute atomic E-state index is 0.00267. The third kappa shape index (κ3) is 3.55. The third-order valence-corrected chi connectivity index (χ3v) is 8.03. The van der Waals surface area contributed by atoms with Crippen LogP contribution in [0.1, 0.15) is 54.6 Å². The van der Waals surface area contributed by atoms with Crippen LogP contribution in [0.15, 0.2) is 0 Å². The molecule has 1 fully saturated rings. The van der Waals surface area contributed by atoms with Gasteiger partial charge in [-0.2, -0.15) is 0 Å². The summed E-state index contributed by atoms with van der Waals surface area (Å²) in [6, 6.07) is 0. The van der Waals surface area contributed by atoms with Gasteiger partial charge in [0.2, 0.25) is 5.91 Å². The number of rotatable bonds is 6.